The van der Waals surface area contributed by atoms with Crippen LogP contribution in [0.15, 0.2) is 78.9 Å². The average molecular weight is 476 g/mol. The van der Waals surface area contributed by atoms with Gasteiger partial charge in [0, 0.05) is 16.6 Å². The quantitative estimate of drug-likeness (QED) is 0.303. The molecule has 0 spiro atoms. The average Bonchev–Trinajstić information content (AvgIpc) is 3.63. The Morgan fingerprint density at radius 2 is 1.82 bits per heavy atom. The van der Waals surface area contributed by atoms with E-state index in [-0.39, 0.29) is 17.8 Å². The SMILES string of the molecule is Cc1nn(-c2cccc(Cl)c2)c(Oc2ccccc2)c1CN(C(=O)c1ccc(F)cc1)C1CC1. The van der Waals surface area contributed by atoms with Crippen molar-refractivity contribution in [3.8, 4) is 17.3 Å². The van der Waals surface area contributed by atoms with Crippen molar-refractivity contribution in [2.24, 2.45) is 0 Å². The van der Waals surface area contributed by atoms with E-state index in [2.05, 4.69) is 0 Å². The molecule has 1 saturated carbocycles. The molecule has 0 radical (unpaired) electrons. The molecule has 0 aliphatic heterocycles. The Labute approximate surface area is 202 Å². The summed E-state index contributed by atoms with van der Waals surface area (Å²) in [7, 11) is 0. The lowest BCUT2D eigenvalue weighted by Crippen LogP contribution is -2.32. The first-order chi connectivity index (χ1) is 16.5. The van der Waals surface area contributed by atoms with Crippen molar-refractivity contribution in [2.45, 2.75) is 32.4 Å². The third kappa shape index (κ3) is 4.68. The molecule has 3 aromatic carbocycles. The molecule has 4 aromatic rings. The number of carbonyl (C=O) groups excluding carboxylic acids is 1. The van der Waals surface area contributed by atoms with Crippen molar-refractivity contribution in [3.63, 3.8) is 0 Å². The third-order valence-corrected chi connectivity index (χ3v) is 6.05. The number of nitrogens with zero attached hydrogens (tertiary/aromatic N) is 3. The van der Waals surface area contributed by atoms with Gasteiger partial charge in [0.1, 0.15) is 11.6 Å². The molecule has 1 heterocycles. The first-order valence-corrected chi connectivity index (χ1v) is 11.5. The molecule has 0 N–H and O–H groups in total. The molecule has 7 heteroatoms. The topological polar surface area (TPSA) is 47.4 Å². The van der Waals surface area contributed by atoms with Gasteiger partial charge in [-0.05, 0) is 74.4 Å². The van der Waals surface area contributed by atoms with E-state index in [1.807, 2.05) is 60.4 Å². The molecule has 1 aliphatic carbocycles. The van der Waals surface area contributed by atoms with Crippen molar-refractivity contribution < 1.29 is 13.9 Å². The zero-order valence-electron chi connectivity index (χ0n) is 18.6. The Kier molecular flexibility index (Phi) is 6.07. The largest absolute Gasteiger partial charge is 0.439 e. The standard InChI is InChI=1S/C27H23ClFN3O2/c1-18-25(17-31(22-14-15-22)26(33)19-10-12-21(29)13-11-19)27(34-24-8-3-2-4-9-24)32(30-18)23-7-5-6-20(28)16-23/h2-13,16,22H,14-15,17H2,1H3. The molecule has 0 unspecified atom stereocenters. The molecular formula is C27H23ClFN3O2. The second-order valence-corrected chi connectivity index (χ2v) is 8.78. The number of halogens is 2. The Bertz CT molecular complexity index is 1320. The highest BCUT2D eigenvalue weighted by atomic mass is 35.5. The lowest BCUT2D eigenvalue weighted by Gasteiger charge is -2.23. The fourth-order valence-electron chi connectivity index (χ4n) is 3.89. The smallest absolute Gasteiger partial charge is 0.254 e. The summed E-state index contributed by atoms with van der Waals surface area (Å²) in [5, 5.41) is 5.33. The van der Waals surface area contributed by atoms with Crippen LogP contribution in [0.1, 0.15) is 34.5 Å². The molecule has 5 nitrogen and oxygen atoms in total. The van der Waals surface area contributed by atoms with Gasteiger partial charge in [-0.15, -0.1) is 0 Å². The first kappa shape index (κ1) is 22.2. The fraction of sp³-hybridized carbons (Fsp3) is 0.185. The summed E-state index contributed by atoms with van der Waals surface area (Å²) in [5.41, 5.74) is 2.78. The lowest BCUT2D eigenvalue weighted by molar-refractivity contribution is 0.0728. The minimum atomic E-state index is -0.369. The maximum absolute atomic E-state index is 13.4. The number of ether oxygens (including phenoxy) is 1. The van der Waals surface area contributed by atoms with Gasteiger partial charge in [-0.1, -0.05) is 35.9 Å². The Morgan fingerprint density at radius 1 is 1.09 bits per heavy atom. The fourth-order valence-corrected chi connectivity index (χ4v) is 4.07. The molecule has 1 fully saturated rings. The van der Waals surface area contributed by atoms with Crippen LogP contribution in [-0.2, 0) is 6.54 Å². The lowest BCUT2D eigenvalue weighted by atomic mass is 10.1. The maximum atomic E-state index is 13.4. The zero-order valence-corrected chi connectivity index (χ0v) is 19.4. The zero-order chi connectivity index (χ0) is 23.7. The molecule has 5 rings (SSSR count). The van der Waals surface area contributed by atoms with Crippen molar-refractivity contribution in [2.75, 3.05) is 0 Å². The molecule has 0 saturated heterocycles. The highest BCUT2D eigenvalue weighted by Crippen LogP contribution is 2.36. The van der Waals surface area contributed by atoms with E-state index in [9.17, 15) is 9.18 Å². The van der Waals surface area contributed by atoms with Crippen molar-refractivity contribution in [3.05, 3.63) is 107 Å². The summed E-state index contributed by atoms with van der Waals surface area (Å²) in [4.78, 5) is 15.2. The van der Waals surface area contributed by atoms with Crippen LogP contribution in [0, 0.1) is 12.7 Å². The van der Waals surface area contributed by atoms with E-state index in [1.165, 1.54) is 24.3 Å². The van der Waals surface area contributed by atoms with Gasteiger partial charge in [0.05, 0.1) is 23.5 Å². The highest BCUT2D eigenvalue weighted by molar-refractivity contribution is 6.30. The first-order valence-electron chi connectivity index (χ1n) is 11.1. The minimum absolute atomic E-state index is 0.135. The minimum Gasteiger partial charge on any atom is -0.439 e. The van der Waals surface area contributed by atoms with Crippen LogP contribution in [-0.4, -0.2) is 26.6 Å². The summed E-state index contributed by atoms with van der Waals surface area (Å²) < 4.78 is 21.5. The normalized spacial score (nSPS) is 13.0. The van der Waals surface area contributed by atoms with Gasteiger partial charge in [0.2, 0.25) is 5.88 Å². The number of aromatic nitrogens is 2. The van der Waals surface area contributed by atoms with Crippen molar-refractivity contribution in [1.82, 2.24) is 14.7 Å². The summed E-state index contributed by atoms with van der Waals surface area (Å²) >= 11 is 6.25. The summed E-state index contributed by atoms with van der Waals surface area (Å²) in [6.45, 7) is 2.23. The van der Waals surface area contributed by atoms with Gasteiger partial charge < -0.3 is 9.64 Å². The van der Waals surface area contributed by atoms with E-state index >= 15 is 0 Å². The number of hydrogen-bond donors (Lipinski definition) is 0. The van der Waals surface area contributed by atoms with Gasteiger partial charge in [0.15, 0.2) is 0 Å². The summed E-state index contributed by atoms with van der Waals surface area (Å²) in [6.07, 6.45) is 1.87. The van der Waals surface area contributed by atoms with Gasteiger partial charge in [0.25, 0.3) is 5.91 Å². The van der Waals surface area contributed by atoms with E-state index in [0.717, 1.165) is 29.8 Å². The number of hydrogen-bond acceptors (Lipinski definition) is 3. The Hall–Kier alpha value is -3.64. The van der Waals surface area contributed by atoms with Crippen LogP contribution in [0.25, 0.3) is 5.69 Å². The molecule has 0 atom stereocenters. The van der Waals surface area contributed by atoms with Crippen molar-refractivity contribution in [1.29, 1.82) is 0 Å². The van der Waals surface area contributed by atoms with Crippen LogP contribution in [0.3, 0.4) is 0 Å². The number of rotatable bonds is 7. The van der Waals surface area contributed by atoms with Crippen LogP contribution < -0.4 is 4.74 Å². The van der Waals surface area contributed by atoms with E-state index < -0.39 is 0 Å². The second kappa shape index (κ2) is 9.31. The van der Waals surface area contributed by atoms with Crippen molar-refractivity contribution >= 4 is 17.5 Å². The second-order valence-electron chi connectivity index (χ2n) is 8.35. The van der Waals surface area contributed by atoms with Crippen LogP contribution in [0.2, 0.25) is 5.02 Å². The monoisotopic (exact) mass is 475 g/mol. The maximum Gasteiger partial charge on any atom is 0.254 e. The number of benzene rings is 3. The van der Waals surface area contributed by atoms with E-state index in [0.29, 0.717) is 28.8 Å². The molecule has 1 aromatic heterocycles. The van der Waals surface area contributed by atoms with E-state index in [1.54, 1.807) is 10.7 Å². The molecule has 1 amide bonds. The summed E-state index contributed by atoms with van der Waals surface area (Å²) in [5.74, 6) is 0.688. The molecule has 1 aliphatic rings. The summed E-state index contributed by atoms with van der Waals surface area (Å²) in [6, 6.07) is 22.6. The number of para-hydroxylation sites is 1. The molecular weight excluding hydrogens is 453 g/mol. The highest BCUT2D eigenvalue weighted by Gasteiger charge is 2.35. The molecule has 34 heavy (non-hydrogen) atoms. The molecule has 0 bridgehead atoms. The van der Waals surface area contributed by atoms with Crippen LogP contribution in [0.5, 0.6) is 11.6 Å². The van der Waals surface area contributed by atoms with Gasteiger partial charge in [-0.3, -0.25) is 4.79 Å². The van der Waals surface area contributed by atoms with Gasteiger partial charge >= 0.3 is 0 Å². The third-order valence-electron chi connectivity index (χ3n) is 5.82. The van der Waals surface area contributed by atoms with Gasteiger partial charge in [-0.25, -0.2) is 9.07 Å². The van der Waals surface area contributed by atoms with Crippen LogP contribution in [0.4, 0.5) is 4.39 Å². The number of amides is 1. The number of carbonyl (C=O) groups is 1. The van der Waals surface area contributed by atoms with Gasteiger partial charge in [-0.2, -0.15) is 5.10 Å². The van der Waals surface area contributed by atoms with Crippen LogP contribution >= 0.6 is 11.6 Å². The number of aryl methyl sites for hydroxylation is 1. The molecule has 172 valence electrons. The predicted octanol–water partition coefficient (Wildman–Crippen LogP) is 6.57. The predicted molar refractivity (Wildman–Crippen MR) is 129 cm³/mol. The van der Waals surface area contributed by atoms with E-state index in [4.69, 9.17) is 21.4 Å². The Balaban J connectivity index is 1.55. The Morgan fingerprint density at radius 3 is 2.50 bits per heavy atom.